The predicted octanol–water partition coefficient (Wildman–Crippen LogP) is 2.74. The number of hydrogen-bond donors (Lipinski definition) is 1. The average molecular weight is 388 g/mol. The largest absolute Gasteiger partial charge is 0.340 e. The quantitative estimate of drug-likeness (QED) is 0.772. The van der Waals surface area contributed by atoms with E-state index in [-0.39, 0.29) is 18.2 Å². The van der Waals surface area contributed by atoms with Gasteiger partial charge in [-0.3, -0.25) is 14.5 Å². The third-order valence-corrected chi connectivity index (χ3v) is 4.81. The number of amides is 2. The van der Waals surface area contributed by atoms with Crippen LogP contribution in [0.15, 0.2) is 60.7 Å². The van der Waals surface area contributed by atoms with Gasteiger partial charge in [0.15, 0.2) is 0 Å². The molecule has 2 aromatic rings. The Hall–Kier alpha value is -3.43. The molecule has 0 atom stereocenters. The first-order valence-electron chi connectivity index (χ1n) is 9.66. The second kappa shape index (κ2) is 10.2. The van der Waals surface area contributed by atoms with Crippen molar-refractivity contribution < 1.29 is 9.59 Å². The Bertz CT molecular complexity index is 893. The minimum absolute atomic E-state index is 0.157. The first-order chi connectivity index (χ1) is 14.1. The first-order valence-corrected chi connectivity index (χ1v) is 9.66. The molecule has 1 fully saturated rings. The zero-order chi connectivity index (χ0) is 20.5. The van der Waals surface area contributed by atoms with E-state index in [2.05, 4.69) is 34.5 Å². The highest BCUT2D eigenvalue weighted by atomic mass is 16.2. The summed E-state index contributed by atoms with van der Waals surface area (Å²) in [5, 5.41) is 11.5. The first kappa shape index (κ1) is 20.3. The van der Waals surface area contributed by atoms with Crippen LogP contribution in [0, 0.1) is 11.3 Å². The predicted molar refractivity (Wildman–Crippen MR) is 113 cm³/mol. The lowest BCUT2D eigenvalue weighted by molar-refractivity contribution is -0.136. The summed E-state index contributed by atoms with van der Waals surface area (Å²) in [4.78, 5) is 28.5. The van der Waals surface area contributed by atoms with E-state index in [0.29, 0.717) is 24.3 Å². The molecule has 1 aliphatic heterocycles. The van der Waals surface area contributed by atoms with Crippen LogP contribution in [0.5, 0.6) is 0 Å². The fourth-order valence-corrected chi connectivity index (χ4v) is 3.16. The van der Waals surface area contributed by atoms with Gasteiger partial charge in [0.2, 0.25) is 11.8 Å². The topological polar surface area (TPSA) is 76.4 Å². The van der Waals surface area contributed by atoms with Crippen LogP contribution >= 0.6 is 0 Å². The molecule has 1 aliphatic rings. The number of piperazine rings is 1. The summed E-state index contributed by atoms with van der Waals surface area (Å²) < 4.78 is 0. The van der Waals surface area contributed by atoms with Crippen LogP contribution in [-0.4, -0.2) is 54.3 Å². The van der Waals surface area contributed by atoms with Crippen molar-refractivity contribution >= 4 is 23.6 Å². The lowest BCUT2D eigenvalue weighted by Gasteiger charge is -2.34. The maximum absolute atomic E-state index is 12.4. The van der Waals surface area contributed by atoms with Crippen molar-refractivity contribution in [3.63, 3.8) is 0 Å². The number of rotatable bonds is 6. The number of anilines is 1. The Morgan fingerprint density at radius 2 is 1.69 bits per heavy atom. The molecule has 1 heterocycles. The van der Waals surface area contributed by atoms with Crippen LogP contribution in [0.4, 0.5) is 5.69 Å². The average Bonchev–Trinajstić information content (AvgIpc) is 2.75. The van der Waals surface area contributed by atoms with Gasteiger partial charge in [-0.05, 0) is 29.8 Å². The lowest BCUT2D eigenvalue weighted by atomic mass is 10.2. The Morgan fingerprint density at radius 3 is 2.34 bits per heavy atom. The standard InChI is InChI=1S/C23H24N4O2/c24-18-20-8-10-21(11-9-20)25-22(28)17-23(29)27-15-13-26(14-16-27)12-4-7-19-5-2-1-3-6-19/h1-11H,12-17H2,(H,25,28)/b7-4+. The Morgan fingerprint density at radius 1 is 1.00 bits per heavy atom. The Kier molecular flexibility index (Phi) is 7.15. The number of nitrogens with zero attached hydrogens (tertiary/aromatic N) is 3. The lowest BCUT2D eigenvalue weighted by Crippen LogP contribution is -2.49. The van der Waals surface area contributed by atoms with Crippen molar-refractivity contribution in [2.24, 2.45) is 0 Å². The third kappa shape index (κ3) is 6.30. The van der Waals surface area contributed by atoms with Gasteiger partial charge in [-0.2, -0.15) is 5.26 Å². The number of carbonyl (C=O) groups is 2. The normalized spacial score (nSPS) is 14.5. The highest BCUT2D eigenvalue weighted by Crippen LogP contribution is 2.10. The van der Waals surface area contributed by atoms with Crippen LogP contribution in [-0.2, 0) is 9.59 Å². The van der Waals surface area contributed by atoms with Crippen LogP contribution in [0.2, 0.25) is 0 Å². The van der Waals surface area contributed by atoms with E-state index in [4.69, 9.17) is 5.26 Å². The van der Waals surface area contributed by atoms with E-state index in [0.717, 1.165) is 19.6 Å². The zero-order valence-corrected chi connectivity index (χ0v) is 16.3. The van der Waals surface area contributed by atoms with Gasteiger partial charge < -0.3 is 10.2 Å². The molecule has 0 spiro atoms. The van der Waals surface area contributed by atoms with Crippen molar-refractivity contribution in [3.05, 3.63) is 71.8 Å². The van der Waals surface area contributed by atoms with Gasteiger partial charge in [-0.1, -0.05) is 42.5 Å². The molecule has 3 rings (SSSR count). The van der Waals surface area contributed by atoms with E-state index >= 15 is 0 Å². The van der Waals surface area contributed by atoms with E-state index in [9.17, 15) is 9.59 Å². The fourth-order valence-electron chi connectivity index (χ4n) is 3.16. The number of nitriles is 1. The summed E-state index contributed by atoms with van der Waals surface area (Å²) in [7, 11) is 0. The molecule has 148 valence electrons. The highest BCUT2D eigenvalue weighted by Gasteiger charge is 2.22. The molecule has 6 nitrogen and oxygen atoms in total. The number of hydrogen-bond acceptors (Lipinski definition) is 4. The summed E-state index contributed by atoms with van der Waals surface area (Å²) >= 11 is 0. The van der Waals surface area contributed by atoms with Crippen molar-refractivity contribution in [2.45, 2.75) is 6.42 Å². The molecule has 2 amide bonds. The minimum atomic E-state index is -0.340. The summed E-state index contributed by atoms with van der Waals surface area (Å²) in [5.41, 5.74) is 2.28. The van der Waals surface area contributed by atoms with Crippen LogP contribution < -0.4 is 5.32 Å². The number of carbonyl (C=O) groups excluding carboxylic acids is 2. The van der Waals surface area contributed by atoms with E-state index in [1.54, 1.807) is 29.2 Å². The molecule has 0 saturated carbocycles. The summed E-state index contributed by atoms with van der Waals surface area (Å²) in [5.74, 6) is -0.497. The second-order valence-corrected chi connectivity index (χ2v) is 6.91. The van der Waals surface area contributed by atoms with Crippen molar-refractivity contribution in [3.8, 4) is 6.07 Å². The monoisotopic (exact) mass is 388 g/mol. The maximum Gasteiger partial charge on any atom is 0.233 e. The van der Waals surface area contributed by atoms with Crippen LogP contribution in [0.1, 0.15) is 17.5 Å². The molecule has 0 radical (unpaired) electrons. The van der Waals surface area contributed by atoms with Gasteiger partial charge in [0.1, 0.15) is 6.42 Å². The number of benzene rings is 2. The summed E-state index contributed by atoms with van der Waals surface area (Å²) in [6.45, 7) is 3.69. The van der Waals surface area contributed by atoms with Crippen LogP contribution in [0.3, 0.4) is 0 Å². The molecule has 1 N–H and O–H groups in total. The zero-order valence-electron chi connectivity index (χ0n) is 16.3. The summed E-state index contributed by atoms with van der Waals surface area (Å²) in [6, 6.07) is 18.8. The van der Waals surface area contributed by atoms with E-state index in [1.807, 2.05) is 24.3 Å². The molecule has 6 heteroatoms. The minimum Gasteiger partial charge on any atom is -0.340 e. The van der Waals surface area contributed by atoms with Crippen molar-refractivity contribution in [2.75, 3.05) is 38.0 Å². The Balaban J connectivity index is 1.39. The van der Waals surface area contributed by atoms with Gasteiger partial charge >= 0.3 is 0 Å². The molecule has 0 aromatic heterocycles. The van der Waals surface area contributed by atoms with Gasteiger partial charge in [0.05, 0.1) is 11.6 Å². The summed E-state index contributed by atoms with van der Waals surface area (Å²) in [6.07, 6.45) is 4.07. The maximum atomic E-state index is 12.4. The van der Waals surface area contributed by atoms with Crippen LogP contribution in [0.25, 0.3) is 6.08 Å². The molecular formula is C23H24N4O2. The van der Waals surface area contributed by atoms with Gasteiger partial charge in [0.25, 0.3) is 0 Å². The van der Waals surface area contributed by atoms with E-state index < -0.39 is 0 Å². The SMILES string of the molecule is N#Cc1ccc(NC(=O)CC(=O)N2CCN(C/C=C/c3ccccc3)CC2)cc1. The van der Waals surface area contributed by atoms with Gasteiger partial charge in [0, 0.05) is 38.4 Å². The van der Waals surface area contributed by atoms with Gasteiger partial charge in [-0.25, -0.2) is 0 Å². The fraction of sp³-hybridized carbons (Fsp3) is 0.261. The smallest absolute Gasteiger partial charge is 0.233 e. The molecule has 0 bridgehead atoms. The van der Waals surface area contributed by atoms with Gasteiger partial charge in [-0.15, -0.1) is 0 Å². The van der Waals surface area contributed by atoms with Crippen molar-refractivity contribution in [1.82, 2.24) is 9.80 Å². The number of nitrogens with one attached hydrogen (secondary N) is 1. The molecule has 1 saturated heterocycles. The second-order valence-electron chi connectivity index (χ2n) is 6.91. The molecule has 0 unspecified atom stereocenters. The molecule has 0 aliphatic carbocycles. The molecule has 29 heavy (non-hydrogen) atoms. The van der Waals surface area contributed by atoms with E-state index in [1.165, 1.54) is 5.56 Å². The Labute approximate surface area is 171 Å². The third-order valence-electron chi connectivity index (χ3n) is 4.81. The molecular weight excluding hydrogens is 364 g/mol. The molecule has 2 aromatic carbocycles. The van der Waals surface area contributed by atoms with Crippen molar-refractivity contribution in [1.29, 1.82) is 5.26 Å². The highest BCUT2D eigenvalue weighted by molar-refractivity contribution is 6.03.